The van der Waals surface area contributed by atoms with E-state index in [-0.39, 0.29) is 11.5 Å². The molecule has 1 aromatic carbocycles. The maximum absolute atomic E-state index is 14.2. The van der Waals surface area contributed by atoms with Crippen molar-refractivity contribution < 1.29 is 9.13 Å². The number of fused-ring (bicyclic) bond motifs is 3. The maximum atomic E-state index is 14.2. The average Bonchev–Trinajstić information content (AvgIpc) is 3.20. The molecule has 5 rings (SSSR count). The van der Waals surface area contributed by atoms with Crippen LogP contribution in [0.4, 0.5) is 4.39 Å². The Kier molecular flexibility index (Phi) is 3.41. The number of methoxy groups -OCH3 is 1. The molecule has 0 amide bonds. The summed E-state index contributed by atoms with van der Waals surface area (Å²) >= 11 is 0. The second-order valence-electron chi connectivity index (χ2n) is 6.84. The second-order valence-corrected chi connectivity index (χ2v) is 6.84. The van der Waals surface area contributed by atoms with Gasteiger partial charge in [0, 0.05) is 14.2 Å². The van der Waals surface area contributed by atoms with Crippen LogP contribution in [0.25, 0.3) is 22.4 Å². The van der Waals surface area contributed by atoms with Gasteiger partial charge in [0.05, 0.1) is 17.1 Å². The largest absolute Gasteiger partial charge is 0.375 e. The van der Waals surface area contributed by atoms with Crippen LogP contribution in [0.2, 0.25) is 0 Å². The predicted molar refractivity (Wildman–Crippen MR) is 95.3 cm³/mol. The van der Waals surface area contributed by atoms with Crippen LogP contribution in [0.5, 0.6) is 0 Å². The molecule has 0 N–H and O–H groups in total. The summed E-state index contributed by atoms with van der Waals surface area (Å²) in [5.41, 5.74) is 1.28. The molecule has 1 fully saturated rings. The van der Waals surface area contributed by atoms with Crippen molar-refractivity contribution in [1.82, 2.24) is 28.9 Å². The van der Waals surface area contributed by atoms with Crippen molar-refractivity contribution in [3.05, 3.63) is 52.6 Å². The van der Waals surface area contributed by atoms with Gasteiger partial charge in [-0.25, -0.2) is 9.37 Å². The molecule has 3 aromatic heterocycles. The molecule has 1 unspecified atom stereocenters. The Morgan fingerprint density at radius 1 is 1.33 bits per heavy atom. The fourth-order valence-electron chi connectivity index (χ4n) is 3.64. The molecular weight excluding hydrogens is 351 g/mol. The zero-order chi connectivity index (χ0) is 18.7. The van der Waals surface area contributed by atoms with E-state index in [1.807, 2.05) is 0 Å². The first kappa shape index (κ1) is 16.1. The Labute approximate surface area is 152 Å². The molecule has 0 radical (unpaired) electrons. The monoisotopic (exact) mass is 368 g/mol. The number of rotatable bonds is 4. The molecule has 4 aromatic rings. The minimum atomic E-state index is -0.555. The minimum Gasteiger partial charge on any atom is -0.375 e. The number of hydrogen-bond acceptors (Lipinski definition) is 5. The zero-order valence-corrected chi connectivity index (χ0v) is 14.8. The Bertz CT molecular complexity index is 1240. The first-order chi connectivity index (χ1) is 13.1. The molecule has 0 aliphatic heterocycles. The lowest BCUT2D eigenvalue weighted by Crippen LogP contribution is -2.21. The van der Waals surface area contributed by atoms with Gasteiger partial charge in [0.2, 0.25) is 0 Å². The fourth-order valence-corrected chi connectivity index (χ4v) is 3.64. The third kappa shape index (κ3) is 2.31. The highest BCUT2D eigenvalue weighted by molar-refractivity contribution is 5.82. The molecule has 1 atom stereocenters. The number of imidazole rings is 1. The Hall–Kier alpha value is -3.07. The Morgan fingerprint density at radius 3 is 2.89 bits per heavy atom. The second kappa shape index (κ2) is 5.71. The molecule has 9 heteroatoms. The van der Waals surface area contributed by atoms with Gasteiger partial charge < -0.3 is 4.74 Å². The molecule has 0 saturated heterocycles. The van der Waals surface area contributed by atoms with Gasteiger partial charge in [-0.3, -0.25) is 13.8 Å². The third-order valence-corrected chi connectivity index (χ3v) is 5.13. The van der Waals surface area contributed by atoms with E-state index in [0.29, 0.717) is 22.9 Å². The smallest absolute Gasteiger partial charge is 0.264 e. The van der Waals surface area contributed by atoms with Gasteiger partial charge in [0.15, 0.2) is 11.5 Å². The van der Waals surface area contributed by atoms with Crippen molar-refractivity contribution in [2.75, 3.05) is 7.11 Å². The SMILES string of the molecule is COC(c1cn(-c2ncn3c4cccc(F)c4c(=O)n(C)c23)nn1)C1CC1. The van der Waals surface area contributed by atoms with Crippen LogP contribution in [0.15, 0.2) is 35.5 Å². The first-order valence-corrected chi connectivity index (χ1v) is 8.70. The molecule has 138 valence electrons. The van der Waals surface area contributed by atoms with Crippen LogP contribution < -0.4 is 5.56 Å². The molecule has 8 nitrogen and oxygen atoms in total. The van der Waals surface area contributed by atoms with Crippen LogP contribution in [0.1, 0.15) is 24.6 Å². The van der Waals surface area contributed by atoms with Crippen LogP contribution in [0, 0.1) is 11.7 Å². The standard InChI is InChI=1S/C18H17FN6O2/c1-23-17-16(25-8-12(21-22-25)15(27-2)10-6-7-10)20-9-24(17)13-5-3-4-11(19)14(13)18(23)26/h3-5,8-10,15H,6-7H2,1-2H3. The summed E-state index contributed by atoms with van der Waals surface area (Å²) in [6, 6.07) is 4.54. The molecule has 1 saturated carbocycles. The molecule has 0 spiro atoms. The van der Waals surface area contributed by atoms with Crippen LogP contribution in [-0.4, -0.2) is 36.1 Å². The summed E-state index contributed by atoms with van der Waals surface area (Å²) in [6.45, 7) is 0. The molecule has 0 bridgehead atoms. The highest BCUT2D eigenvalue weighted by Crippen LogP contribution is 2.42. The topological polar surface area (TPSA) is 79.2 Å². The Morgan fingerprint density at radius 2 is 2.15 bits per heavy atom. The van der Waals surface area contributed by atoms with Crippen LogP contribution in [-0.2, 0) is 11.8 Å². The molecule has 3 heterocycles. The van der Waals surface area contributed by atoms with E-state index in [0.717, 1.165) is 18.5 Å². The van der Waals surface area contributed by atoms with Gasteiger partial charge >= 0.3 is 0 Å². The van der Waals surface area contributed by atoms with Crippen molar-refractivity contribution in [3.8, 4) is 5.82 Å². The van der Waals surface area contributed by atoms with E-state index in [9.17, 15) is 9.18 Å². The number of nitrogens with zero attached hydrogens (tertiary/aromatic N) is 6. The van der Waals surface area contributed by atoms with Crippen LogP contribution in [0.3, 0.4) is 0 Å². The summed E-state index contributed by atoms with van der Waals surface area (Å²) in [4.78, 5) is 17.1. The normalized spacial score (nSPS) is 15.7. The molecule has 27 heavy (non-hydrogen) atoms. The van der Waals surface area contributed by atoms with E-state index in [1.54, 1.807) is 43.2 Å². The number of ether oxygens (including phenoxy) is 1. The van der Waals surface area contributed by atoms with Crippen molar-refractivity contribution in [2.45, 2.75) is 18.9 Å². The van der Waals surface area contributed by atoms with E-state index in [4.69, 9.17) is 4.74 Å². The summed E-state index contributed by atoms with van der Waals surface area (Å²) < 4.78 is 24.4. The quantitative estimate of drug-likeness (QED) is 0.551. The number of halogens is 1. The number of benzene rings is 1. The molecule has 1 aliphatic carbocycles. The Balaban J connectivity index is 1.73. The van der Waals surface area contributed by atoms with Crippen molar-refractivity contribution in [3.63, 3.8) is 0 Å². The van der Waals surface area contributed by atoms with E-state index in [2.05, 4.69) is 15.3 Å². The first-order valence-electron chi connectivity index (χ1n) is 8.70. The molecule has 1 aliphatic rings. The minimum absolute atomic E-state index is 0.0314. The summed E-state index contributed by atoms with van der Waals surface area (Å²) in [5.74, 6) is 0.362. The lowest BCUT2D eigenvalue weighted by molar-refractivity contribution is 0.0810. The highest BCUT2D eigenvalue weighted by Gasteiger charge is 2.34. The third-order valence-electron chi connectivity index (χ3n) is 5.13. The van der Waals surface area contributed by atoms with E-state index < -0.39 is 11.4 Å². The van der Waals surface area contributed by atoms with Crippen LogP contribution >= 0.6 is 0 Å². The predicted octanol–water partition coefficient (Wildman–Crippen LogP) is 2.00. The summed E-state index contributed by atoms with van der Waals surface area (Å²) in [6.07, 6.45) is 5.47. The van der Waals surface area contributed by atoms with Crippen molar-refractivity contribution in [1.29, 1.82) is 0 Å². The number of hydrogen-bond donors (Lipinski definition) is 0. The lowest BCUT2D eigenvalue weighted by atomic mass is 10.2. The van der Waals surface area contributed by atoms with Gasteiger partial charge in [-0.2, -0.15) is 4.68 Å². The average molecular weight is 368 g/mol. The number of aryl methyl sites for hydroxylation is 1. The van der Waals surface area contributed by atoms with Crippen molar-refractivity contribution in [2.24, 2.45) is 13.0 Å². The fraction of sp³-hybridized carbons (Fsp3) is 0.333. The van der Waals surface area contributed by atoms with Gasteiger partial charge in [0.25, 0.3) is 5.56 Å². The van der Waals surface area contributed by atoms with E-state index >= 15 is 0 Å². The van der Waals surface area contributed by atoms with E-state index in [1.165, 1.54) is 15.3 Å². The zero-order valence-electron chi connectivity index (χ0n) is 14.8. The van der Waals surface area contributed by atoms with Crippen molar-refractivity contribution >= 4 is 16.6 Å². The van der Waals surface area contributed by atoms with Gasteiger partial charge in [-0.1, -0.05) is 11.3 Å². The maximum Gasteiger partial charge on any atom is 0.264 e. The highest BCUT2D eigenvalue weighted by atomic mass is 19.1. The van der Waals surface area contributed by atoms with Gasteiger partial charge in [0.1, 0.15) is 23.9 Å². The lowest BCUT2D eigenvalue weighted by Gasteiger charge is -2.10. The number of aromatic nitrogens is 6. The molecular formula is C18H17FN6O2. The van der Waals surface area contributed by atoms with Gasteiger partial charge in [-0.05, 0) is 30.9 Å². The van der Waals surface area contributed by atoms with Gasteiger partial charge in [-0.15, -0.1) is 5.10 Å². The summed E-state index contributed by atoms with van der Waals surface area (Å²) in [5, 5.41) is 8.44. The summed E-state index contributed by atoms with van der Waals surface area (Å²) in [7, 11) is 3.26.